The van der Waals surface area contributed by atoms with Crippen molar-refractivity contribution >= 4 is 0 Å². The van der Waals surface area contributed by atoms with Crippen molar-refractivity contribution in [3.05, 3.63) is 29.3 Å². The van der Waals surface area contributed by atoms with Crippen LogP contribution in [0.15, 0.2) is 18.2 Å². The normalized spacial score (nSPS) is 18.9. The van der Waals surface area contributed by atoms with E-state index in [0.717, 1.165) is 12.0 Å². The molecule has 88 valence electrons. The SMILES string of the molecule is CCC(C)c1cccc(C2CCCC2)c1O. The Morgan fingerprint density at radius 3 is 2.62 bits per heavy atom. The molecule has 1 saturated carbocycles. The summed E-state index contributed by atoms with van der Waals surface area (Å²) in [6.07, 6.45) is 6.21. The number of hydrogen-bond donors (Lipinski definition) is 1. The standard InChI is InChI=1S/C15H22O/c1-3-11(2)13-9-6-10-14(15(13)16)12-7-4-5-8-12/h6,9-12,16H,3-5,7-8H2,1-2H3. The first kappa shape index (κ1) is 11.5. The van der Waals surface area contributed by atoms with Crippen LogP contribution in [0.1, 0.15) is 68.9 Å². The van der Waals surface area contributed by atoms with Crippen LogP contribution in [-0.4, -0.2) is 5.11 Å². The van der Waals surface area contributed by atoms with Crippen LogP contribution in [0.3, 0.4) is 0 Å². The number of rotatable bonds is 3. The second-order valence-corrected chi connectivity index (χ2v) is 5.08. The van der Waals surface area contributed by atoms with Crippen LogP contribution in [0.5, 0.6) is 5.75 Å². The molecule has 1 nitrogen and oxygen atoms in total. The van der Waals surface area contributed by atoms with E-state index in [1.54, 1.807) is 0 Å². The minimum Gasteiger partial charge on any atom is -0.507 e. The zero-order valence-corrected chi connectivity index (χ0v) is 10.4. The van der Waals surface area contributed by atoms with Crippen LogP contribution >= 0.6 is 0 Å². The van der Waals surface area contributed by atoms with E-state index in [1.807, 2.05) is 0 Å². The average molecular weight is 218 g/mol. The molecule has 1 aliphatic rings. The molecular formula is C15H22O. The van der Waals surface area contributed by atoms with Crippen LogP contribution in [0.4, 0.5) is 0 Å². The van der Waals surface area contributed by atoms with Gasteiger partial charge in [-0.1, -0.05) is 44.9 Å². The lowest BCUT2D eigenvalue weighted by Gasteiger charge is -2.17. The molecule has 0 aliphatic heterocycles. The number of aromatic hydroxyl groups is 1. The maximum absolute atomic E-state index is 10.4. The third-order valence-electron chi connectivity index (χ3n) is 4.04. The Morgan fingerprint density at radius 1 is 1.31 bits per heavy atom. The summed E-state index contributed by atoms with van der Waals surface area (Å²) in [6, 6.07) is 6.29. The van der Waals surface area contributed by atoms with Crippen LogP contribution in [0.25, 0.3) is 0 Å². The van der Waals surface area contributed by atoms with E-state index in [-0.39, 0.29) is 0 Å². The fourth-order valence-corrected chi connectivity index (χ4v) is 2.76. The van der Waals surface area contributed by atoms with Gasteiger partial charge in [-0.15, -0.1) is 0 Å². The van der Waals surface area contributed by atoms with E-state index in [2.05, 4.69) is 32.0 Å². The van der Waals surface area contributed by atoms with E-state index in [1.165, 1.54) is 31.2 Å². The number of hydrogen-bond acceptors (Lipinski definition) is 1. The van der Waals surface area contributed by atoms with E-state index in [0.29, 0.717) is 17.6 Å². The van der Waals surface area contributed by atoms with Crippen LogP contribution in [0, 0.1) is 0 Å². The fourth-order valence-electron chi connectivity index (χ4n) is 2.76. The van der Waals surface area contributed by atoms with Gasteiger partial charge in [0, 0.05) is 0 Å². The number of phenolic OH excluding ortho intramolecular Hbond substituents is 1. The molecule has 0 radical (unpaired) electrons. The maximum Gasteiger partial charge on any atom is 0.122 e. The van der Waals surface area contributed by atoms with Gasteiger partial charge in [0.2, 0.25) is 0 Å². The highest BCUT2D eigenvalue weighted by molar-refractivity contribution is 5.44. The predicted molar refractivity (Wildman–Crippen MR) is 68.0 cm³/mol. The van der Waals surface area contributed by atoms with E-state index >= 15 is 0 Å². The topological polar surface area (TPSA) is 20.2 Å². The molecule has 0 spiro atoms. The molecule has 2 rings (SSSR count). The van der Waals surface area contributed by atoms with Gasteiger partial charge in [-0.2, -0.15) is 0 Å². The molecule has 1 aromatic rings. The predicted octanol–water partition coefficient (Wildman–Crippen LogP) is 4.56. The van der Waals surface area contributed by atoms with Gasteiger partial charge in [0.25, 0.3) is 0 Å². The lowest BCUT2D eigenvalue weighted by atomic mass is 9.90. The lowest BCUT2D eigenvalue weighted by Crippen LogP contribution is -1.98. The number of para-hydroxylation sites is 1. The minimum absolute atomic E-state index is 0.460. The molecule has 0 bridgehead atoms. The first-order chi connectivity index (χ1) is 7.74. The van der Waals surface area contributed by atoms with E-state index < -0.39 is 0 Å². The summed E-state index contributed by atoms with van der Waals surface area (Å²) in [4.78, 5) is 0. The molecule has 0 amide bonds. The summed E-state index contributed by atoms with van der Waals surface area (Å²) >= 11 is 0. The molecule has 0 saturated heterocycles. The van der Waals surface area contributed by atoms with Gasteiger partial charge in [-0.05, 0) is 42.2 Å². The molecule has 1 atom stereocenters. The molecule has 1 aliphatic carbocycles. The second-order valence-electron chi connectivity index (χ2n) is 5.08. The first-order valence-electron chi connectivity index (χ1n) is 6.55. The summed E-state index contributed by atoms with van der Waals surface area (Å²) in [7, 11) is 0. The van der Waals surface area contributed by atoms with Gasteiger partial charge < -0.3 is 5.11 Å². The molecular weight excluding hydrogens is 196 g/mol. The Morgan fingerprint density at radius 2 is 2.00 bits per heavy atom. The lowest BCUT2D eigenvalue weighted by molar-refractivity contribution is 0.448. The Balaban J connectivity index is 2.32. The van der Waals surface area contributed by atoms with Gasteiger partial charge in [-0.25, -0.2) is 0 Å². The van der Waals surface area contributed by atoms with Crippen molar-refractivity contribution in [2.24, 2.45) is 0 Å². The van der Waals surface area contributed by atoms with Gasteiger partial charge in [0.15, 0.2) is 0 Å². The molecule has 1 aromatic carbocycles. The average Bonchev–Trinajstić information content (AvgIpc) is 2.82. The Labute approximate surface area is 98.5 Å². The summed E-state index contributed by atoms with van der Waals surface area (Å²) in [5, 5.41) is 10.4. The minimum atomic E-state index is 0.460. The zero-order valence-electron chi connectivity index (χ0n) is 10.4. The van der Waals surface area contributed by atoms with Crippen LogP contribution < -0.4 is 0 Å². The van der Waals surface area contributed by atoms with Gasteiger partial charge in [-0.3, -0.25) is 0 Å². The first-order valence-corrected chi connectivity index (χ1v) is 6.55. The Bertz CT molecular complexity index is 350. The smallest absolute Gasteiger partial charge is 0.122 e. The molecule has 1 fully saturated rings. The number of benzene rings is 1. The largest absolute Gasteiger partial charge is 0.507 e. The van der Waals surface area contributed by atoms with Crippen molar-refractivity contribution in [3.8, 4) is 5.75 Å². The summed E-state index contributed by atoms with van der Waals surface area (Å²) in [5.74, 6) is 1.63. The van der Waals surface area contributed by atoms with Gasteiger partial charge >= 0.3 is 0 Å². The molecule has 0 aromatic heterocycles. The van der Waals surface area contributed by atoms with Crippen molar-refractivity contribution in [1.29, 1.82) is 0 Å². The number of phenols is 1. The maximum atomic E-state index is 10.4. The monoisotopic (exact) mass is 218 g/mol. The summed E-state index contributed by atoms with van der Waals surface area (Å²) in [5.41, 5.74) is 2.32. The van der Waals surface area contributed by atoms with Crippen molar-refractivity contribution < 1.29 is 5.11 Å². The van der Waals surface area contributed by atoms with Crippen LogP contribution in [-0.2, 0) is 0 Å². The van der Waals surface area contributed by atoms with Crippen molar-refractivity contribution in [1.82, 2.24) is 0 Å². The molecule has 1 unspecified atom stereocenters. The highest BCUT2D eigenvalue weighted by Gasteiger charge is 2.22. The summed E-state index contributed by atoms with van der Waals surface area (Å²) < 4.78 is 0. The zero-order chi connectivity index (χ0) is 11.5. The second kappa shape index (κ2) is 4.90. The van der Waals surface area contributed by atoms with Crippen molar-refractivity contribution in [2.45, 2.75) is 57.8 Å². The Hall–Kier alpha value is -0.980. The van der Waals surface area contributed by atoms with Gasteiger partial charge in [0.1, 0.15) is 5.75 Å². The van der Waals surface area contributed by atoms with Crippen molar-refractivity contribution in [2.75, 3.05) is 0 Å². The van der Waals surface area contributed by atoms with E-state index in [4.69, 9.17) is 0 Å². The Kier molecular flexibility index (Phi) is 3.52. The molecule has 1 N–H and O–H groups in total. The summed E-state index contributed by atoms with van der Waals surface area (Å²) in [6.45, 7) is 4.36. The quantitative estimate of drug-likeness (QED) is 0.788. The molecule has 16 heavy (non-hydrogen) atoms. The van der Waals surface area contributed by atoms with Crippen LogP contribution in [0.2, 0.25) is 0 Å². The van der Waals surface area contributed by atoms with E-state index in [9.17, 15) is 5.11 Å². The highest BCUT2D eigenvalue weighted by Crippen LogP contribution is 2.41. The molecule has 0 heterocycles. The fraction of sp³-hybridized carbons (Fsp3) is 0.600. The van der Waals surface area contributed by atoms with Crippen molar-refractivity contribution in [3.63, 3.8) is 0 Å². The highest BCUT2D eigenvalue weighted by atomic mass is 16.3. The third kappa shape index (κ3) is 2.09. The van der Waals surface area contributed by atoms with Gasteiger partial charge in [0.05, 0.1) is 0 Å². The third-order valence-corrected chi connectivity index (χ3v) is 4.04. The molecule has 1 heteroatoms.